The standard InChI is InChI=1S/C14H20N2O2/c1-3-18-14(17)11-7-4-8-12(15)13(11)16-9-5-6-10(16)2/h4,7-8,10H,3,5-6,9,15H2,1-2H3. The highest BCUT2D eigenvalue weighted by Gasteiger charge is 2.26. The monoisotopic (exact) mass is 248 g/mol. The number of rotatable bonds is 3. The third kappa shape index (κ3) is 2.28. The van der Waals surface area contributed by atoms with Gasteiger partial charge in [-0.2, -0.15) is 0 Å². The number of esters is 1. The van der Waals surface area contributed by atoms with E-state index in [1.165, 1.54) is 0 Å². The number of nitrogen functional groups attached to an aromatic ring is 1. The Hall–Kier alpha value is -1.71. The molecule has 0 radical (unpaired) electrons. The van der Waals surface area contributed by atoms with Crippen molar-refractivity contribution in [2.45, 2.75) is 32.7 Å². The Balaban J connectivity index is 2.41. The second kappa shape index (κ2) is 5.29. The predicted molar refractivity (Wildman–Crippen MR) is 72.9 cm³/mol. The number of ether oxygens (including phenoxy) is 1. The lowest BCUT2D eigenvalue weighted by Crippen LogP contribution is -2.29. The molecule has 0 bridgehead atoms. The number of nitrogens with two attached hydrogens (primary N) is 1. The molecule has 1 atom stereocenters. The Kier molecular flexibility index (Phi) is 3.75. The van der Waals surface area contributed by atoms with Crippen molar-refractivity contribution in [3.05, 3.63) is 23.8 Å². The second-order valence-corrected chi connectivity index (χ2v) is 4.65. The Morgan fingerprint density at radius 3 is 2.94 bits per heavy atom. The lowest BCUT2D eigenvalue weighted by Gasteiger charge is -2.27. The molecule has 4 nitrogen and oxygen atoms in total. The van der Waals surface area contributed by atoms with Crippen LogP contribution in [0.4, 0.5) is 11.4 Å². The van der Waals surface area contributed by atoms with Gasteiger partial charge in [0, 0.05) is 12.6 Å². The Morgan fingerprint density at radius 1 is 1.56 bits per heavy atom. The summed E-state index contributed by atoms with van der Waals surface area (Å²) in [7, 11) is 0. The van der Waals surface area contributed by atoms with Crippen LogP contribution >= 0.6 is 0 Å². The first kappa shape index (κ1) is 12.7. The van der Waals surface area contributed by atoms with E-state index in [0.717, 1.165) is 25.1 Å². The quantitative estimate of drug-likeness (QED) is 0.659. The predicted octanol–water partition coefficient (Wildman–Crippen LogP) is 2.43. The van der Waals surface area contributed by atoms with E-state index in [9.17, 15) is 4.79 Å². The van der Waals surface area contributed by atoms with E-state index >= 15 is 0 Å². The fraction of sp³-hybridized carbons (Fsp3) is 0.500. The highest BCUT2D eigenvalue weighted by molar-refractivity contribution is 5.99. The van der Waals surface area contributed by atoms with Crippen LogP contribution in [-0.4, -0.2) is 25.2 Å². The van der Waals surface area contributed by atoms with E-state index < -0.39 is 0 Å². The third-order valence-corrected chi connectivity index (χ3v) is 3.40. The molecular formula is C14H20N2O2. The molecule has 1 unspecified atom stereocenters. The van der Waals surface area contributed by atoms with Gasteiger partial charge in [0.05, 0.1) is 23.5 Å². The molecule has 18 heavy (non-hydrogen) atoms. The molecular weight excluding hydrogens is 228 g/mol. The maximum Gasteiger partial charge on any atom is 0.340 e. The molecule has 0 saturated carbocycles. The minimum Gasteiger partial charge on any atom is -0.462 e. The van der Waals surface area contributed by atoms with Crippen LogP contribution in [0.5, 0.6) is 0 Å². The van der Waals surface area contributed by atoms with Gasteiger partial charge in [0.25, 0.3) is 0 Å². The summed E-state index contributed by atoms with van der Waals surface area (Å²) >= 11 is 0. The van der Waals surface area contributed by atoms with E-state index in [2.05, 4.69) is 11.8 Å². The van der Waals surface area contributed by atoms with Crippen molar-refractivity contribution in [2.24, 2.45) is 0 Å². The van der Waals surface area contributed by atoms with E-state index in [1.807, 2.05) is 13.0 Å². The van der Waals surface area contributed by atoms with E-state index in [1.54, 1.807) is 12.1 Å². The van der Waals surface area contributed by atoms with Gasteiger partial charge in [0.15, 0.2) is 0 Å². The van der Waals surface area contributed by atoms with Gasteiger partial charge in [-0.15, -0.1) is 0 Å². The van der Waals surface area contributed by atoms with Crippen LogP contribution in [-0.2, 0) is 4.74 Å². The normalized spacial score (nSPS) is 19.0. The summed E-state index contributed by atoms with van der Waals surface area (Å²) in [6.07, 6.45) is 2.27. The first-order chi connectivity index (χ1) is 8.65. The minimum absolute atomic E-state index is 0.293. The van der Waals surface area contributed by atoms with E-state index in [0.29, 0.717) is 23.9 Å². The van der Waals surface area contributed by atoms with Gasteiger partial charge in [-0.3, -0.25) is 0 Å². The minimum atomic E-state index is -0.293. The van der Waals surface area contributed by atoms with Crippen molar-refractivity contribution in [2.75, 3.05) is 23.8 Å². The van der Waals surface area contributed by atoms with Crippen LogP contribution in [0.15, 0.2) is 18.2 Å². The number of hydrogen-bond donors (Lipinski definition) is 1. The van der Waals surface area contributed by atoms with Gasteiger partial charge in [-0.1, -0.05) is 6.07 Å². The number of anilines is 2. The van der Waals surface area contributed by atoms with Crippen LogP contribution in [0.1, 0.15) is 37.0 Å². The number of para-hydroxylation sites is 1. The SMILES string of the molecule is CCOC(=O)c1cccc(N)c1N1CCCC1C. The maximum atomic E-state index is 12.0. The van der Waals surface area contributed by atoms with Gasteiger partial charge in [-0.25, -0.2) is 4.79 Å². The fourth-order valence-electron chi connectivity index (χ4n) is 2.52. The molecule has 1 aliphatic heterocycles. The molecule has 1 aromatic carbocycles. The summed E-state index contributed by atoms with van der Waals surface area (Å²) in [6.45, 7) is 5.29. The lowest BCUT2D eigenvalue weighted by molar-refractivity contribution is 0.0527. The molecule has 1 aromatic rings. The first-order valence-corrected chi connectivity index (χ1v) is 6.47. The van der Waals surface area contributed by atoms with Crippen LogP contribution in [0.25, 0.3) is 0 Å². The van der Waals surface area contributed by atoms with Crippen molar-refractivity contribution in [1.82, 2.24) is 0 Å². The zero-order chi connectivity index (χ0) is 13.1. The zero-order valence-corrected chi connectivity index (χ0v) is 11.0. The highest BCUT2D eigenvalue weighted by atomic mass is 16.5. The van der Waals surface area contributed by atoms with Crippen molar-refractivity contribution < 1.29 is 9.53 Å². The zero-order valence-electron chi connectivity index (χ0n) is 11.0. The number of nitrogens with zero attached hydrogens (tertiary/aromatic N) is 1. The van der Waals surface area contributed by atoms with Gasteiger partial charge < -0.3 is 15.4 Å². The van der Waals surface area contributed by atoms with Crippen LogP contribution in [0.3, 0.4) is 0 Å². The summed E-state index contributed by atoms with van der Waals surface area (Å²) in [5.74, 6) is -0.293. The van der Waals surface area contributed by atoms with Crippen molar-refractivity contribution in [3.63, 3.8) is 0 Å². The van der Waals surface area contributed by atoms with Crippen LogP contribution in [0, 0.1) is 0 Å². The molecule has 98 valence electrons. The van der Waals surface area contributed by atoms with Crippen molar-refractivity contribution >= 4 is 17.3 Å². The molecule has 1 saturated heterocycles. The summed E-state index contributed by atoms with van der Waals surface area (Å²) < 4.78 is 5.10. The molecule has 0 aliphatic carbocycles. The summed E-state index contributed by atoms with van der Waals surface area (Å²) in [5.41, 5.74) is 8.10. The Bertz CT molecular complexity index is 445. The van der Waals surface area contributed by atoms with Gasteiger partial charge in [0.1, 0.15) is 0 Å². The molecule has 1 aliphatic rings. The smallest absolute Gasteiger partial charge is 0.340 e. The fourth-order valence-corrected chi connectivity index (χ4v) is 2.52. The lowest BCUT2D eigenvalue weighted by atomic mass is 10.1. The maximum absolute atomic E-state index is 12.0. The molecule has 2 N–H and O–H groups in total. The summed E-state index contributed by atoms with van der Waals surface area (Å²) in [4.78, 5) is 14.2. The molecule has 0 spiro atoms. The average molecular weight is 248 g/mol. The average Bonchev–Trinajstić information content (AvgIpc) is 2.75. The van der Waals surface area contributed by atoms with Gasteiger partial charge in [-0.05, 0) is 38.8 Å². The number of hydrogen-bond acceptors (Lipinski definition) is 4. The Labute approximate surface area is 108 Å². The van der Waals surface area contributed by atoms with Crippen LogP contribution in [0.2, 0.25) is 0 Å². The molecule has 1 heterocycles. The van der Waals surface area contributed by atoms with E-state index in [4.69, 9.17) is 10.5 Å². The molecule has 1 fully saturated rings. The molecule has 0 aromatic heterocycles. The van der Waals surface area contributed by atoms with Crippen molar-refractivity contribution in [1.29, 1.82) is 0 Å². The van der Waals surface area contributed by atoms with Gasteiger partial charge >= 0.3 is 5.97 Å². The topological polar surface area (TPSA) is 55.6 Å². The molecule has 2 rings (SSSR count). The van der Waals surface area contributed by atoms with E-state index in [-0.39, 0.29) is 5.97 Å². The highest BCUT2D eigenvalue weighted by Crippen LogP contribution is 2.33. The first-order valence-electron chi connectivity index (χ1n) is 6.47. The number of carbonyl (C=O) groups is 1. The third-order valence-electron chi connectivity index (χ3n) is 3.40. The summed E-state index contributed by atoms with van der Waals surface area (Å²) in [6, 6.07) is 5.84. The number of benzene rings is 1. The van der Waals surface area contributed by atoms with Crippen molar-refractivity contribution in [3.8, 4) is 0 Å². The second-order valence-electron chi connectivity index (χ2n) is 4.65. The Morgan fingerprint density at radius 2 is 2.33 bits per heavy atom. The largest absolute Gasteiger partial charge is 0.462 e. The van der Waals surface area contributed by atoms with Gasteiger partial charge in [0.2, 0.25) is 0 Å². The molecule has 0 amide bonds. The molecule has 4 heteroatoms. The summed E-state index contributed by atoms with van der Waals surface area (Å²) in [5, 5.41) is 0. The van der Waals surface area contributed by atoms with Crippen LogP contribution < -0.4 is 10.6 Å². The number of carbonyl (C=O) groups excluding carboxylic acids is 1.